The molecule has 150 valence electrons. The van der Waals surface area contributed by atoms with Gasteiger partial charge in [0.15, 0.2) is 5.65 Å². The van der Waals surface area contributed by atoms with Crippen molar-refractivity contribution in [1.82, 2.24) is 19.5 Å². The highest BCUT2D eigenvalue weighted by Gasteiger charge is 2.33. The second kappa shape index (κ2) is 7.54. The van der Waals surface area contributed by atoms with E-state index in [1.54, 1.807) is 6.33 Å². The summed E-state index contributed by atoms with van der Waals surface area (Å²) in [5.74, 6) is -0.116. The van der Waals surface area contributed by atoms with Gasteiger partial charge in [-0.2, -0.15) is 0 Å². The highest BCUT2D eigenvalue weighted by Crippen LogP contribution is 2.43. The van der Waals surface area contributed by atoms with E-state index in [0.29, 0.717) is 11.6 Å². The van der Waals surface area contributed by atoms with Crippen molar-refractivity contribution in [2.75, 3.05) is 6.61 Å². The number of esters is 1. The Labute approximate surface area is 178 Å². The van der Waals surface area contributed by atoms with Crippen LogP contribution in [0.2, 0.25) is 5.02 Å². The van der Waals surface area contributed by atoms with Gasteiger partial charge in [-0.3, -0.25) is 4.79 Å². The minimum atomic E-state index is -0.260. The Morgan fingerprint density at radius 2 is 1.87 bits per heavy atom. The lowest BCUT2D eigenvalue weighted by Crippen LogP contribution is -2.10. The number of fused-ring (bicyclic) bond motifs is 2. The topological polar surface area (TPSA) is 69.9 Å². The number of hydrogen-bond donors (Lipinski definition) is 0. The van der Waals surface area contributed by atoms with Crippen LogP contribution < -0.4 is 0 Å². The lowest BCUT2D eigenvalue weighted by molar-refractivity contribution is -0.141. The van der Waals surface area contributed by atoms with Crippen molar-refractivity contribution in [3.05, 3.63) is 77.3 Å². The number of rotatable bonds is 4. The van der Waals surface area contributed by atoms with E-state index in [0.717, 1.165) is 28.8 Å². The van der Waals surface area contributed by atoms with Crippen LogP contribution in [0.4, 0.5) is 0 Å². The Hall–Kier alpha value is -3.25. The summed E-state index contributed by atoms with van der Waals surface area (Å²) in [7, 11) is 0. The number of benzene rings is 2. The number of hydrogen-bond acceptors (Lipinski definition) is 5. The van der Waals surface area contributed by atoms with Gasteiger partial charge in [-0.15, -0.1) is 0 Å². The fourth-order valence-electron chi connectivity index (χ4n) is 4.25. The van der Waals surface area contributed by atoms with E-state index in [1.807, 2.05) is 42.7 Å². The van der Waals surface area contributed by atoms with Crippen molar-refractivity contribution >= 4 is 28.7 Å². The molecule has 0 fully saturated rings. The molecule has 30 heavy (non-hydrogen) atoms. The zero-order valence-corrected chi connectivity index (χ0v) is 17.1. The molecule has 0 unspecified atom stereocenters. The van der Waals surface area contributed by atoms with Gasteiger partial charge in [-0.1, -0.05) is 48.0 Å². The van der Waals surface area contributed by atoms with E-state index in [4.69, 9.17) is 16.3 Å². The van der Waals surface area contributed by atoms with Gasteiger partial charge in [-0.25, -0.2) is 15.0 Å². The van der Waals surface area contributed by atoms with Crippen LogP contribution in [-0.4, -0.2) is 32.1 Å². The summed E-state index contributed by atoms with van der Waals surface area (Å²) < 4.78 is 7.42. The summed E-state index contributed by atoms with van der Waals surface area (Å²) in [5.41, 5.74) is 5.66. The van der Waals surface area contributed by atoms with E-state index in [2.05, 4.69) is 31.7 Å². The Kier molecular flexibility index (Phi) is 4.71. The van der Waals surface area contributed by atoms with Crippen molar-refractivity contribution in [2.24, 2.45) is 0 Å². The second-order valence-electron chi connectivity index (χ2n) is 7.43. The summed E-state index contributed by atoms with van der Waals surface area (Å²) in [4.78, 5) is 25.0. The number of halogens is 1. The molecule has 2 aromatic heterocycles. The minimum Gasteiger partial charge on any atom is -0.465 e. The fourth-order valence-corrected chi connectivity index (χ4v) is 4.37. The Bertz CT molecular complexity index is 1240. The number of ether oxygens (including phenoxy) is 1. The van der Waals surface area contributed by atoms with Gasteiger partial charge in [0.2, 0.25) is 0 Å². The maximum atomic E-state index is 11.3. The maximum absolute atomic E-state index is 11.3. The molecule has 0 amide bonds. The molecule has 0 saturated heterocycles. The lowest BCUT2D eigenvalue weighted by Gasteiger charge is -2.15. The standard InChI is InChI=1S/C23H19ClN4O2/c1-14(29)30-11-16-10-20(19-5-3-2-4-18(16)19)28-13-27-22-21(25-12-26-23(22)28)15-6-8-17(24)9-7-15/h2-9,12-13,16,20H,10-11H2,1H3/t16-,20-/m0/s1. The molecule has 2 atom stereocenters. The van der Waals surface area contributed by atoms with Crippen LogP contribution in [0.15, 0.2) is 61.2 Å². The Morgan fingerprint density at radius 1 is 1.10 bits per heavy atom. The normalized spacial score (nSPS) is 17.8. The molecule has 2 heterocycles. The monoisotopic (exact) mass is 418 g/mol. The minimum absolute atomic E-state index is 0.0692. The summed E-state index contributed by atoms with van der Waals surface area (Å²) in [5, 5.41) is 0.677. The summed E-state index contributed by atoms with van der Waals surface area (Å²) in [6.07, 6.45) is 4.22. The summed E-state index contributed by atoms with van der Waals surface area (Å²) in [6.45, 7) is 1.82. The van der Waals surface area contributed by atoms with Gasteiger partial charge >= 0.3 is 5.97 Å². The van der Waals surface area contributed by atoms with E-state index in [9.17, 15) is 4.79 Å². The zero-order chi connectivity index (χ0) is 20.7. The van der Waals surface area contributed by atoms with Crippen molar-refractivity contribution < 1.29 is 9.53 Å². The third kappa shape index (κ3) is 3.23. The molecule has 0 bridgehead atoms. The van der Waals surface area contributed by atoms with Crippen molar-refractivity contribution in [3.63, 3.8) is 0 Å². The molecule has 0 aliphatic heterocycles. The zero-order valence-electron chi connectivity index (χ0n) is 16.3. The lowest BCUT2D eigenvalue weighted by atomic mass is 10.0. The van der Waals surface area contributed by atoms with Crippen molar-refractivity contribution in [2.45, 2.75) is 25.3 Å². The van der Waals surface area contributed by atoms with Gasteiger partial charge in [0.05, 0.1) is 19.0 Å². The third-order valence-corrected chi connectivity index (χ3v) is 5.85. The summed E-state index contributed by atoms with van der Waals surface area (Å²) in [6, 6.07) is 15.9. The maximum Gasteiger partial charge on any atom is 0.302 e. The first kappa shape index (κ1) is 18.8. The first-order chi connectivity index (χ1) is 14.6. The quantitative estimate of drug-likeness (QED) is 0.446. The molecule has 0 N–H and O–H groups in total. The number of imidazole rings is 1. The molecule has 0 saturated carbocycles. The SMILES string of the molecule is CC(=O)OC[C@@H]1C[C@H](n2cnc3c(-c4ccc(Cl)cc4)ncnc32)c2ccccc21. The predicted molar refractivity (Wildman–Crippen MR) is 114 cm³/mol. The molecule has 4 aromatic rings. The van der Waals surface area contributed by atoms with Crippen LogP contribution >= 0.6 is 11.6 Å². The van der Waals surface area contributed by atoms with Gasteiger partial charge in [-0.05, 0) is 29.7 Å². The number of nitrogens with zero attached hydrogens (tertiary/aromatic N) is 4. The molecule has 1 aliphatic rings. The Morgan fingerprint density at radius 3 is 2.63 bits per heavy atom. The Balaban J connectivity index is 1.56. The average molecular weight is 419 g/mol. The van der Waals surface area contributed by atoms with Crippen LogP contribution in [0.5, 0.6) is 0 Å². The van der Waals surface area contributed by atoms with Crippen molar-refractivity contribution in [1.29, 1.82) is 0 Å². The smallest absolute Gasteiger partial charge is 0.302 e. The molecular weight excluding hydrogens is 400 g/mol. The molecule has 1 aliphatic carbocycles. The van der Waals surface area contributed by atoms with E-state index >= 15 is 0 Å². The van der Waals surface area contributed by atoms with Gasteiger partial charge in [0.1, 0.15) is 17.5 Å². The average Bonchev–Trinajstić information content (AvgIpc) is 3.34. The van der Waals surface area contributed by atoms with Crippen LogP contribution in [0.25, 0.3) is 22.4 Å². The van der Waals surface area contributed by atoms with Gasteiger partial charge < -0.3 is 9.30 Å². The van der Waals surface area contributed by atoms with Crippen LogP contribution in [0.1, 0.15) is 36.4 Å². The number of carbonyl (C=O) groups excluding carboxylic acids is 1. The van der Waals surface area contributed by atoms with Crippen molar-refractivity contribution in [3.8, 4) is 11.3 Å². The third-order valence-electron chi connectivity index (χ3n) is 5.60. The first-order valence-electron chi connectivity index (χ1n) is 9.77. The molecule has 0 spiro atoms. The largest absolute Gasteiger partial charge is 0.465 e. The molecule has 6 nitrogen and oxygen atoms in total. The van der Waals surface area contributed by atoms with Gasteiger partial charge in [0.25, 0.3) is 0 Å². The molecule has 0 radical (unpaired) electrons. The van der Waals surface area contributed by atoms with Gasteiger partial charge in [0, 0.05) is 23.4 Å². The molecule has 5 rings (SSSR count). The highest BCUT2D eigenvalue weighted by molar-refractivity contribution is 6.30. The van der Waals surface area contributed by atoms with E-state index in [1.165, 1.54) is 18.1 Å². The second-order valence-corrected chi connectivity index (χ2v) is 7.87. The van der Waals surface area contributed by atoms with E-state index in [-0.39, 0.29) is 17.9 Å². The number of carbonyl (C=O) groups is 1. The van der Waals surface area contributed by atoms with Crippen LogP contribution in [0, 0.1) is 0 Å². The van der Waals surface area contributed by atoms with Crippen LogP contribution in [0.3, 0.4) is 0 Å². The highest BCUT2D eigenvalue weighted by atomic mass is 35.5. The molecular formula is C23H19ClN4O2. The van der Waals surface area contributed by atoms with E-state index < -0.39 is 0 Å². The van der Waals surface area contributed by atoms with Crippen LogP contribution in [-0.2, 0) is 9.53 Å². The fraction of sp³-hybridized carbons (Fsp3) is 0.217. The first-order valence-corrected chi connectivity index (χ1v) is 10.2. The summed E-state index contributed by atoms with van der Waals surface area (Å²) >= 11 is 6.03. The molecule has 7 heteroatoms. The molecule has 2 aromatic carbocycles. The number of aromatic nitrogens is 4. The predicted octanol–water partition coefficient (Wildman–Crippen LogP) is 4.79.